The van der Waals surface area contributed by atoms with Gasteiger partial charge in [-0.3, -0.25) is 4.90 Å². The molecular weight excluding hydrogens is 296 g/mol. The number of nitrogens with one attached hydrogen (secondary N) is 1. The normalized spacial score (nSPS) is 21.2. The summed E-state index contributed by atoms with van der Waals surface area (Å²) in [6.45, 7) is 14.5. The largest absolute Gasteiger partial charge is 0.444 e. The molecule has 2 unspecified atom stereocenters. The molecule has 1 heterocycles. The third-order valence-electron chi connectivity index (χ3n) is 4.06. The van der Waals surface area contributed by atoms with Crippen molar-refractivity contribution >= 4 is 6.09 Å². The van der Waals surface area contributed by atoms with E-state index in [1.54, 1.807) is 4.90 Å². The molecule has 1 amide bonds. The second-order valence-electron chi connectivity index (χ2n) is 8.12. The van der Waals surface area contributed by atoms with Gasteiger partial charge in [-0.1, -0.05) is 13.8 Å². The number of aliphatic hydroxyl groups excluding tert-OH is 1. The molecule has 0 aromatic carbocycles. The lowest BCUT2D eigenvalue weighted by atomic mass is 9.89. The Hall–Kier alpha value is -0.850. The molecule has 0 aromatic rings. The molecule has 0 spiro atoms. The first kappa shape index (κ1) is 20.2. The van der Waals surface area contributed by atoms with Gasteiger partial charge >= 0.3 is 6.09 Å². The number of carbonyl (C=O) groups is 1. The van der Waals surface area contributed by atoms with Crippen LogP contribution in [0.4, 0.5) is 4.79 Å². The van der Waals surface area contributed by atoms with Crippen LogP contribution in [0, 0.1) is 5.41 Å². The zero-order valence-corrected chi connectivity index (χ0v) is 15.5. The fraction of sp³-hybridized carbons (Fsp3) is 0.941. The summed E-state index contributed by atoms with van der Waals surface area (Å²) in [4.78, 5) is 14.2. The Balaban J connectivity index is 2.64. The molecule has 23 heavy (non-hydrogen) atoms. The number of aliphatic hydroxyl groups is 1. The maximum Gasteiger partial charge on any atom is 0.410 e. The molecule has 0 aromatic heterocycles. The summed E-state index contributed by atoms with van der Waals surface area (Å²) in [6, 6.07) is 0.0318. The summed E-state index contributed by atoms with van der Waals surface area (Å²) in [5.74, 6) is 0. The maximum atomic E-state index is 12.4. The van der Waals surface area contributed by atoms with E-state index in [1.807, 2.05) is 20.8 Å². The number of nitrogens with zero attached hydrogens (tertiary/aromatic N) is 1. The molecular formula is C17H34N2O4. The van der Waals surface area contributed by atoms with Crippen molar-refractivity contribution in [2.24, 2.45) is 5.41 Å². The van der Waals surface area contributed by atoms with Crippen molar-refractivity contribution in [3.63, 3.8) is 0 Å². The van der Waals surface area contributed by atoms with Crippen LogP contribution in [0.15, 0.2) is 0 Å². The minimum atomic E-state index is -0.500. The second-order valence-corrected chi connectivity index (χ2v) is 8.12. The highest BCUT2D eigenvalue weighted by Crippen LogP contribution is 2.20. The Morgan fingerprint density at radius 2 is 2.04 bits per heavy atom. The third kappa shape index (κ3) is 7.06. The van der Waals surface area contributed by atoms with Gasteiger partial charge in [0.15, 0.2) is 0 Å². The molecule has 0 radical (unpaired) electrons. The summed E-state index contributed by atoms with van der Waals surface area (Å²) < 4.78 is 11.1. The third-order valence-corrected chi connectivity index (χ3v) is 4.06. The minimum absolute atomic E-state index is 0.00921. The molecule has 1 rings (SSSR count). The fourth-order valence-electron chi connectivity index (χ4n) is 2.55. The summed E-state index contributed by atoms with van der Waals surface area (Å²) >= 11 is 0. The molecule has 6 heteroatoms. The molecule has 2 atom stereocenters. The van der Waals surface area contributed by atoms with E-state index in [1.165, 1.54) is 0 Å². The van der Waals surface area contributed by atoms with Crippen molar-refractivity contribution < 1.29 is 19.4 Å². The van der Waals surface area contributed by atoms with Crippen molar-refractivity contribution in [3.05, 3.63) is 0 Å². The number of rotatable bonds is 6. The monoisotopic (exact) mass is 330 g/mol. The first-order valence-electron chi connectivity index (χ1n) is 8.47. The van der Waals surface area contributed by atoms with Crippen LogP contribution in [-0.2, 0) is 9.47 Å². The van der Waals surface area contributed by atoms with E-state index in [9.17, 15) is 4.79 Å². The van der Waals surface area contributed by atoms with Gasteiger partial charge in [0.25, 0.3) is 0 Å². The maximum absolute atomic E-state index is 12.4. The van der Waals surface area contributed by atoms with Crippen molar-refractivity contribution in [2.75, 3.05) is 32.9 Å². The molecule has 1 aliphatic rings. The minimum Gasteiger partial charge on any atom is -0.444 e. The molecule has 0 bridgehead atoms. The quantitative estimate of drug-likeness (QED) is 0.779. The highest BCUT2D eigenvalue weighted by molar-refractivity contribution is 5.68. The van der Waals surface area contributed by atoms with Gasteiger partial charge in [0.05, 0.1) is 19.3 Å². The zero-order valence-electron chi connectivity index (χ0n) is 15.5. The van der Waals surface area contributed by atoms with Crippen LogP contribution in [0.1, 0.15) is 48.0 Å². The second kappa shape index (κ2) is 8.31. The average Bonchev–Trinajstić information content (AvgIpc) is 2.43. The molecule has 136 valence electrons. The summed E-state index contributed by atoms with van der Waals surface area (Å²) in [5.41, 5.74) is -0.491. The predicted molar refractivity (Wildman–Crippen MR) is 90.5 cm³/mol. The fourth-order valence-corrected chi connectivity index (χ4v) is 2.55. The van der Waals surface area contributed by atoms with Crippen LogP contribution in [0.3, 0.4) is 0 Å². The van der Waals surface area contributed by atoms with Crippen molar-refractivity contribution in [1.82, 2.24) is 10.2 Å². The van der Waals surface area contributed by atoms with Gasteiger partial charge < -0.3 is 19.9 Å². The van der Waals surface area contributed by atoms with E-state index < -0.39 is 5.60 Å². The summed E-state index contributed by atoms with van der Waals surface area (Å²) in [6.07, 6.45) is 0.456. The molecule has 1 saturated heterocycles. The number of hydrogen-bond donors (Lipinski definition) is 2. The summed E-state index contributed by atoms with van der Waals surface area (Å²) in [5, 5.41) is 12.6. The van der Waals surface area contributed by atoms with E-state index in [0.29, 0.717) is 19.8 Å². The Labute approximate surface area is 140 Å². The van der Waals surface area contributed by atoms with E-state index in [-0.39, 0.29) is 30.2 Å². The Kier molecular flexibility index (Phi) is 7.29. The molecule has 0 aliphatic carbocycles. The van der Waals surface area contributed by atoms with E-state index in [2.05, 4.69) is 26.1 Å². The first-order chi connectivity index (χ1) is 10.6. The molecule has 2 N–H and O–H groups in total. The molecule has 0 saturated carbocycles. The topological polar surface area (TPSA) is 71.0 Å². The lowest BCUT2D eigenvalue weighted by Gasteiger charge is -2.40. The van der Waals surface area contributed by atoms with E-state index >= 15 is 0 Å². The highest BCUT2D eigenvalue weighted by atomic mass is 16.6. The van der Waals surface area contributed by atoms with Gasteiger partial charge in [-0.05, 0) is 39.5 Å². The zero-order chi connectivity index (χ0) is 17.7. The number of hydrogen-bond acceptors (Lipinski definition) is 5. The molecule has 1 fully saturated rings. The van der Waals surface area contributed by atoms with Crippen LogP contribution >= 0.6 is 0 Å². The van der Waals surface area contributed by atoms with E-state index in [4.69, 9.17) is 14.6 Å². The van der Waals surface area contributed by atoms with Gasteiger partial charge in [0.1, 0.15) is 5.60 Å². The van der Waals surface area contributed by atoms with Crippen LogP contribution in [0.5, 0.6) is 0 Å². The number of amides is 1. The van der Waals surface area contributed by atoms with Crippen molar-refractivity contribution in [1.29, 1.82) is 0 Å². The van der Waals surface area contributed by atoms with Gasteiger partial charge in [-0.15, -0.1) is 0 Å². The Morgan fingerprint density at radius 1 is 1.39 bits per heavy atom. The van der Waals surface area contributed by atoms with Gasteiger partial charge in [0.2, 0.25) is 0 Å². The van der Waals surface area contributed by atoms with Gasteiger partial charge in [-0.2, -0.15) is 0 Å². The number of carbonyl (C=O) groups excluding carboxylic acids is 1. The average molecular weight is 330 g/mol. The Bertz CT molecular complexity index is 379. The molecule has 1 aliphatic heterocycles. The standard InChI is InChI=1S/C17H34N2O4/c1-13(18-12-17(5,6)7-9-20)14-11-22-10-8-19(14)15(21)23-16(2,3)4/h13-14,18,20H,7-12H2,1-6H3. The lowest BCUT2D eigenvalue weighted by molar-refractivity contribution is -0.0400. The van der Waals surface area contributed by atoms with Crippen LogP contribution < -0.4 is 5.32 Å². The van der Waals surface area contributed by atoms with Crippen LogP contribution in [-0.4, -0.2) is 66.7 Å². The van der Waals surface area contributed by atoms with E-state index in [0.717, 1.165) is 13.0 Å². The highest BCUT2D eigenvalue weighted by Gasteiger charge is 2.34. The van der Waals surface area contributed by atoms with Gasteiger partial charge in [0, 0.05) is 25.7 Å². The van der Waals surface area contributed by atoms with Crippen molar-refractivity contribution in [2.45, 2.75) is 65.6 Å². The van der Waals surface area contributed by atoms with Crippen LogP contribution in [0.2, 0.25) is 0 Å². The van der Waals surface area contributed by atoms with Crippen LogP contribution in [0.25, 0.3) is 0 Å². The smallest absolute Gasteiger partial charge is 0.410 e. The van der Waals surface area contributed by atoms with Gasteiger partial charge in [-0.25, -0.2) is 4.79 Å². The first-order valence-corrected chi connectivity index (χ1v) is 8.47. The predicted octanol–water partition coefficient (Wildman–Crippen LogP) is 2.01. The summed E-state index contributed by atoms with van der Waals surface area (Å²) in [7, 11) is 0. The Morgan fingerprint density at radius 3 is 2.61 bits per heavy atom. The SMILES string of the molecule is CC(NCC(C)(C)CCO)C1COCCN1C(=O)OC(C)(C)C. The lowest BCUT2D eigenvalue weighted by Crippen LogP contribution is -2.58. The number of morpholine rings is 1. The molecule has 6 nitrogen and oxygen atoms in total. The van der Waals surface area contributed by atoms with Crippen molar-refractivity contribution in [3.8, 4) is 0 Å². The number of ether oxygens (including phenoxy) is 2.